The zero-order chi connectivity index (χ0) is 27.4. The molecule has 2 amide bonds. The van der Waals surface area contributed by atoms with Crippen LogP contribution in [0.1, 0.15) is 25.5 Å². The van der Waals surface area contributed by atoms with Crippen LogP contribution in [-0.4, -0.2) is 80.4 Å². The molecular weight excluding hydrogens is 535 g/mol. The summed E-state index contributed by atoms with van der Waals surface area (Å²) in [6.07, 6.45) is 0. The Morgan fingerprint density at radius 3 is 2.39 bits per heavy atom. The molecule has 0 radical (unpaired) electrons. The summed E-state index contributed by atoms with van der Waals surface area (Å²) in [5, 5.41) is 3.26. The Hall–Kier alpha value is -2.99. The number of carbonyl (C=O) groups excluding carboxylic acids is 2. The lowest BCUT2D eigenvalue weighted by molar-refractivity contribution is -0.139. The lowest BCUT2D eigenvalue weighted by Gasteiger charge is -2.40. The number of hydrogen-bond donors (Lipinski definition) is 1. The molecule has 0 spiro atoms. The van der Waals surface area contributed by atoms with Gasteiger partial charge in [0, 0.05) is 50.0 Å². The zero-order valence-electron chi connectivity index (χ0n) is 21.2. The number of halogens is 2. The fourth-order valence-corrected chi connectivity index (χ4v) is 6.24. The van der Waals surface area contributed by atoms with Gasteiger partial charge in [0.15, 0.2) is 0 Å². The van der Waals surface area contributed by atoms with Crippen molar-refractivity contribution in [3.8, 4) is 0 Å². The Labute approximate surface area is 226 Å². The quantitative estimate of drug-likeness (QED) is 0.494. The van der Waals surface area contributed by atoms with Gasteiger partial charge >= 0.3 is 12.0 Å². The molecule has 0 saturated carbocycles. The highest BCUT2D eigenvalue weighted by molar-refractivity contribution is 7.89. The Balaban J connectivity index is 1.61. The number of piperazine rings is 1. The number of nitrogens with one attached hydrogen (secondary N) is 1. The van der Waals surface area contributed by atoms with Gasteiger partial charge in [0.25, 0.3) is 0 Å². The summed E-state index contributed by atoms with van der Waals surface area (Å²) >= 11 is 5.90. The molecule has 0 bridgehead atoms. The normalized spacial score (nSPS) is 19.4. The molecule has 12 heteroatoms. The van der Waals surface area contributed by atoms with Gasteiger partial charge in [-0.3, -0.25) is 9.80 Å². The lowest BCUT2D eigenvalue weighted by atomic mass is 9.94. The first-order chi connectivity index (χ1) is 18.1. The predicted octanol–water partition coefficient (Wildman–Crippen LogP) is 3.39. The largest absolute Gasteiger partial charge is 0.463 e. The average molecular weight is 565 g/mol. The number of rotatable bonds is 8. The van der Waals surface area contributed by atoms with Crippen molar-refractivity contribution in [2.24, 2.45) is 0 Å². The first-order valence-corrected chi connectivity index (χ1v) is 14.2. The van der Waals surface area contributed by atoms with Crippen LogP contribution in [0.2, 0.25) is 5.02 Å². The SMILES string of the molecule is CCOC(=O)C1=C(CN2CCN(S(=O)(=O)c3ccc(Cl)cc3)CC2)N(CC)C(=O)NC1c1cccc(F)c1. The highest BCUT2D eigenvalue weighted by atomic mass is 35.5. The number of benzene rings is 2. The molecule has 38 heavy (non-hydrogen) atoms. The van der Waals surface area contributed by atoms with Crippen LogP contribution in [0.3, 0.4) is 0 Å². The van der Waals surface area contributed by atoms with Crippen LogP contribution in [0.25, 0.3) is 0 Å². The van der Waals surface area contributed by atoms with Crippen LogP contribution in [0.5, 0.6) is 0 Å². The summed E-state index contributed by atoms with van der Waals surface area (Å²) in [7, 11) is -3.69. The van der Waals surface area contributed by atoms with Crippen LogP contribution in [0, 0.1) is 5.82 Å². The van der Waals surface area contributed by atoms with E-state index < -0.39 is 33.9 Å². The van der Waals surface area contributed by atoms with E-state index in [2.05, 4.69) is 5.32 Å². The molecule has 4 rings (SSSR count). The minimum Gasteiger partial charge on any atom is -0.463 e. The molecular formula is C26H30ClFN4O5S. The summed E-state index contributed by atoms with van der Waals surface area (Å²) in [6, 6.07) is 10.5. The minimum absolute atomic E-state index is 0.132. The molecule has 2 heterocycles. The van der Waals surface area contributed by atoms with E-state index in [0.29, 0.717) is 35.9 Å². The second kappa shape index (κ2) is 11.8. The molecule has 1 atom stereocenters. The number of urea groups is 1. The van der Waals surface area contributed by atoms with Gasteiger partial charge < -0.3 is 10.1 Å². The standard InChI is InChI=1S/C26H30ClFN4O5S/c1-3-32-22(17-30-12-14-31(15-13-30)38(35,36)21-10-8-19(27)9-11-21)23(25(33)37-4-2)24(29-26(32)34)18-6-5-7-20(28)16-18/h5-11,16,24H,3-4,12-15,17H2,1-2H3,(H,29,34). The number of ether oxygens (including phenoxy) is 1. The Morgan fingerprint density at radius 1 is 1.11 bits per heavy atom. The number of sulfonamides is 1. The third-order valence-corrected chi connectivity index (χ3v) is 8.75. The van der Waals surface area contributed by atoms with Crippen LogP contribution >= 0.6 is 11.6 Å². The van der Waals surface area contributed by atoms with Crippen LogP contribution < -0.4 is 5.32 Å². The first-order valence-electron chi connectivity index (χ1n) is 12.4. The summed E-state index contributed by atoms with van der Waals surface area (Å²) in [5.74, 6) is -1.09. The fourth-order valence-electron chi connectivity index (χ4n) is 4.69. The number of hydrogen-bond acceptors (Lipinski definition) is 6. The summed E-state index contributed by atoms with van der Waals surface area (Å²) in [5.41, 5.74) is 1.11. The van der Waals surface area contributed by atoms with Gasteiger partial charge in [-0.05, 0) is 55.8 Å². The smallest absolute Gasteiger partial charge is 0.338 e. The van der Waals surface area contributed by atoms with E-state index in [1.54, 1.807) is 19.9 Å². The van der Waals surface area contributed by atoms with Gasteiger partial charge in [0.2, 0.25) is 10.0 Å². The number of amides is 2. The Kier molecular flexibility index (Phi) is 8.71. The third-order valence-electron chi connectivity index (χ3n) is 6.59. The third kappa shape index (κ3) is 5.85. The highest BCUT2D eigenvalue weighted by Crippen LogP contribution is 2.32. The lowest BCUT2D eigenvalue weighted by Crippen LogP contribution is -2.53. The van der Waals surface area contributed by atoms with E-state index in [4.69, 9.17) is 16.3 Å². The first kappa shape index (κ1) is 28.0. The van der Waals surface area contributed by atoms with E-state index in [9.17, 15) is 22.4 Å². The molecule has 0 aliphatic carbocycles. The van der Waals surface area contributed by atoms with Gasteiger partial charge in [-0.2, -0.15) is 4.31 Å². The molecule has 2 aromatic carbocycles. The van der Waals surface area contributed by atoms with E-state index in [1.807, 2.05) is 4.90 Å². The molecule has 1 saturated heterocycles. The second-order valence-electron chi connectivity index (χ2n) is 8.90. The number of nitrogens with zero attached hydrogens (tertiary/aromatic N) is 3. The van der Waals surface area contributed by atoms with Crippen molar-refractivity contribution in [1.29, 1.82) is 0 Å². The maximum Gasteiger partial charge on any atom is 0.338 e. The predicted molar refractivity (Wildman–Crippen MR) is 140 cm³/mol. The molecule has 204 valence electrons. The van der Waals surface area contributed by atoms with Crippen LogP contribution in [0.4, 0.5) is 9.18 Å². The molecule has 2 aromatic rings. The topological polar surface area (TPSA) is 99.3 Å². The molecule has 1 unspecified atom stereocenters. The van der Waals surface area contributed by atoms with E-state index in [0.717, 1.165) is 0 Å². The van der Waals surface area contributed by atoms with E-state index in [1.165, 1.54) is 51.7 Å². The van der Waals surface area contributed by atoms with Crippen molar-refractivity contribution >= 4 is 33.6 Å². The maximum atomic E-state index is 14.1. The van der Waals surface area contributed by atoms with Gasteiger partial charge in [0.1, 0.15) is 5.82 Å². The van der Waals surface area contributed by atoms with Gasteiger partial charge in [0.05, 0.1) is 23.1 Å². The molecule has 9 nitrogen and oxygen atoms in total. The van der Waals surface area contributed by atoms with Gasteiger partial charge in [-0.1, -0.05) is 23.7 Å². The Morgan fingerprint density at radius 2 is 1.79 bits per heavy atom. The summed E-state index contributed by atoms with van der Waals surface area (Å²) < 4.78 is 47.0. The number of carbonyl (C=O) groups is 2. The van der Waals surface area contributed by atoms with Crippen molar-refractivity contribution in [3.63, 3.8) is 0 Å². The van der Waals surface area contributed by atoms with Crippen molar-refractivity contribution in [2.45, 2.75) is 24.8 Å². The summed E-state index contributed by atoms with van der Waals surface area (Å²) in [6.45, 7) is 5.37. The second-order valence-corrected chi connectivity index (χ2v) is 11.3. The molecule has 1 N–H and O–H groups in total. The Bertz CT molecular complexity index is 1330. The number of esters is 1. The zero-order valence-corrected chi connectivity index (χ0v) is 22.8. The van der Waals surface area contributed by atoms with Crippen molar-refractivity contribution in [1.82, 2.24) is 19.4 Å². The van der Waals surface area contributed by atoms with Crippen molar-refractivity contribution in [3.05, 3.63) is 76.2 Å². The molecule has 2 aliphatic heterocycles. The van der Waals surface area contributed by atoms with Crippen LogP contribution in [-0.2, 0) is 19.6 Å². The summed E-state index contributed by atoms with van der Waals surface area (Å²) in [4.78, 5) is 29.9. The highest BCUT2D eigenvalue weighted by Gasteiger charge is 2.39. The average Bonchev–Trinajstić information content (AvgIpc) is 2.89. The van der Waals surface area contributed by atoms with Crippen molar-refractivity contribution in [2.75, 3.05) is 45.9 Å². The van der Waals surface area contributed by atoms with Gasteiger partial charge in [-0.15, -0.1) is 0 Å². The molecule has 1 fully saturated rings. The monoisotopic (exact) mass is 564 g/mol. The van der Waals surface area contributed by atoms with Gasteiger partial charge in [-0.25, -0.2) is 22.4 Å². The van der Waals surface area contributed by atoms with Crippen molar-refractivity contribution < 1.29 is 27.1 Å². The molecule has 2 aliphatic rings. The fraction of sp³-hybridized carbons (Fsp3) is 0.385. The van der Waals surface area contributed by atoms with E-state index in [-0.39, 0.29) is 36.7 Å². The van der Waals surface area contributed by atoms with Crippen LogP contribution in [0.15, 0.2) is 64.7 Å². The number of likely N-dealkylation sites (N-methyl/N-ethyl adjacent to an activating group) is 1. The molecule has 0 aromatic heterocycles. The minimum atomic E-state index is -3.69. The maximum absolute atomic E-state index is 14.1. The van der Waals surface area contributed by atoms with E-state index >= 15 is 0 Å².